The van der Waals surface area contributed by atoms with E-state index in [-0.39, 0.29) is 17.2 Å². The summed E-state index contributed by atoms with van der Waals surface area (Å²) < 4.78 is 33.1. The number of aromatic amines is 1. The number of nitrogens with one attached hydrogen (secondary N) is 3. The van der Waals surface area contributed by atoms with Gasteiger partial charge in [0.05, 0.1) is 12.3 Å². The number of nitrogens with zero attached hydrogens (tertiary/aromatic N) is 1. The van der Waals surface area contributed by atoms with Crippen molar-refractivity contribution < 1.29 is 13.2 Å². The summed E-state index contributed by atoms with van der Waals surface area (Å²) in [5, 5.41) is 9.76. The SMILES string of the molecule is CCCNCc1cn[nH]c1S(=O)(=O)NC(C)C1CCCO1. The van der Waals surface area contributed by atoms with Gasteiger partial charge in [-0.1, -0.05) is 6.92 Å². The minimum atomic E-state index is -3.61. The summed E-state index contributed by atoms with van der Waals surface area (Å²) >= 11 is 0. The summed E-state index contributed by atoms with van der Waals surface area (Å²) in [5.41, 5.74) is 0.649. The second kappa shape index (κ2) is 7.35. The van der Waals surface area contributed by atoms with Crippen LogP contribution in [-0.4, -0.2) is 43.9 Å². The van der Waals surface area contributed by atoms with Crippen LogP contribution in [0.4, 0.5) is 0 Å². The van der Waals surface area contributed by atoms with Gasteiger partial charge in [0.25, 0.3) is 10.0 Å². The molecule has 7 nitrogen and oxygen atoms in total. The average molecular weight is 316 g/mol. The normalized spacial score (nSPS) is 20.8. The van der Waals surface area contributed by atoms with E-state index < -0.39 is 10.0 Å². The van der Waals surface area contributed by atoms with Crippen molar-refractivity contribution in [3.05, 3.63) is 11.8 Å². The highest BCUT2D eigenvalue weighted by Gasteiger charge is 2.29. The molecule has 2 unspecified atom stereocenters. The van der Waals surface area contributed by atoms with E-state index in [4.69, 9.17) is 4.74 Å². The summed E-state index contributed by atoms with van der Waals surface area (Å²) in [6.45, 7) is 5.91. The highest BCUT2D eigenvalue weighted by Crippen LogP contribution is 2.18. The monoisotopic (exact) mass is 316 g/mol. The third kappa shape index (κ3) is 4.26. The molecule has 0 saturated carbocycles. The molecule has 0 bridgehead atoms. The number of sulfonamides is 1. The van der Waals surface area contributed by atoms with Crippen LogP contribution in [0.2, 0.25) is 0 Å². The first kappa shape index (κ1) is 16.4. The van der Waals surface area contributed by atoms with Gasteiger partial charge in [0.15, 0.2) is 5.03 Å². The van der Waals surface area contributed by atoms with Gasteiger partial charge in [-0.2, -0.15) is 5.10 Å². The molecule has 2 atom stereocenters. The van der Waals surface area contributed by atoms with E-state index >= 15 is 0 Å². The number of hydrogen-bond donors (Lipinski definition) is 3. The lowest BCUT2D eigenvalue weighted by Gasteiger charge is -2.19. The predicted octanol–water partition coefficient (Wildman–Crippen LogP) is 0.755. The van der Waals surface area contributed by atoms with Gasteiger partial charge in [-0.05, 0) is 32.7 Å². The molecule has 0 spiro atoms. The molecule has 1 saturated heterocycles. The van der Waals surface area contributed by atoms with Crippen molar-refractivity contribution in [3.8, 4) is 0 Å². The van der Waals surface area contributed by atoms with E-state index in [1.54, 1.807) is 6.20 Å². The molecule has 0 aliphatic carbocycles. The van der Waals surface area contributed by atoms with Gasteiger partial charge in [0.1, 0.15) is 0 Å². The van der Waals surface area contributed by atoms with E-state index in [0.717, 1.165) is 25.8 Å². The molecule has 2 rings (SSSR count). The van der Waals surface area contributed by atoms with Gasteiger partial charge in [0.2, 0.25) is 0 Å². The van der Waals surface area contributed by atoms with Crippen LogP contribution in [0.25, 0.3) is 0 Å². The Morgan fingerprint density at radius 2 is 2.38 bits per heavy atom. The lowest BCUT2D eigenvalue weighted by atomic mass is 10.1. The molecule has 0 aromatic carbocycles. The van der Waals surface area contributed by atoms with Crippen molar-refractivity contribution in [1.29, 1.82) is 0 Å². The summed E-state index contributed by atoms with van der Waals surface area (Å²) in [4.78, 5) is 0. The van der Waals surface area contributed by atoms with Crippen molar-refractivity contribution in [2.75, 3.05) is 13.2 Å². The van der Waals surface area contributed by atoms with Crippen LogP contribution >= 0.6 is 0 Å². The molecule has 2 heterocycles. The number of rotatable bonds is 8. The molecular weight excluding hydrogens is 292 g/mol. The lowest BCUT2D eigenvalue weighted by molar-refractivity contribution is 0.0902. The van der Waals surface area contributed by atoms with E-state index in [0.29, 0.717) is 18.7 Å². The topological polar surface area (TPSA) is 96.1 Å². The lowest BCUT2D eigenvalue weighted by Crippen LogP contribution is -2.41. The number of hydrogen-bond acceptors (Lipinski definition) is 5. The standard InChI is InChI=1S/C13H24N4O3S/c1-3-6-14-8-11-9-15-16-13(11)21(18,19)17-10(2)12-5-4-7-20-12/h9-10,12,14,17H,3-8H2,1-2H3,(H,15,16). The quantitative estimate of drug-likeness (QED) is 0.615. The summed E-state index contributed by atoms with van der Waals surface area (Å²) in [5.74, 6) is 0. The first-order chi connectivity index (χ1) is 10.0. The Hall–Kier alpha value is -0.960. The molecule has 0 amide bonds. The predicted molar refractivity (Wildman–Crippen MR) is 79.3 cm³/mol. The molecule has 1 aromatic rings. The maximum atomic E-state index is 12.4. The Bertz CT molecular complexity index is 537. The molecule has 1 aromatic heterocycles. The molecule has 1 aliphatic heterocycles. The summed E-state index contributed by atoms with van der Waals surface area (Å²) in [7, 11) is -3.61. The maximum absolute atomic E-state index is 12.4. The van der Waals surface area contributed by atoms with Crippen molar-refractivity contribution in [3.63, 3.8) is 0 Å². The maximum Gasteiger partial charge on any atom is 0.258 e. The zero-order valence-corrected chi connectivity index (χ0v) is 13.4. The average Bonchev–Trinajstić information content (AvgIpc) is 3.10. The van der Waals surface area contributed by atoms with Gasteiger partial charge in [-0.25, -0.2) is 13.1 Å². The highest BCUT2D eigenvalue weighted by molar-refractivity contribution is 7.89. The van der Waals surface area contributed by atoms with E-state index in [9.17, 15) is 8.42 Å². The Kier molecular flexibility index (Phi) is 5.74. The molecule has 8 heteroatoms. The molecule has 21 heavy (non-hydrogen) atoms. The second-order valence-corrected chi connectivity index (χ2v) is 7.01. The van der Waals surface area contributed by atoms with Gasteiger partial charge in [0, 0.05) is 24.8 Å². The Balaban J connectivity index is 2.03. The van der Waals surface area contributed by atoms with Crippen molar-refractivity contribution in [2.24, 2.45) is 0 Å². The summed E-state index contributed by atoms with van der Waals surface area (Å²) in [6.07, 6.45) is 4.36. The minimum absolute atomic E-state index is 0.0515. The van der Waals surface area contributed by atoms with Crippen molar-refractivity contribution in [1.82, 2.24) is 20.2 Å². The second-order valence-electron chi connectivity index (χ2n) is 5.36. The van der Waals surface area contributed by atoms with Crippen LogP contribution in [0.15, 0.2) is 11.2 Å². The van der Waals surface area contributed by atoms with Gasteiger partial charge >= 0.3 is 0 Å². The van der Waals surface area contributed by atoms with Gasteiger partial charge in [-0.3, -0.25) is 5.10 Å². The van der Waals surface area contributed by atoms with E-state index in [1.807, 2.05) is 6.92 Å². The molecule has 1 aliphatic rings. The largest absolute Gasteiger partial charge is 0.377 e. The minimum Gasteiger partial charge on any atom is -0.377 e. The first-order valence-electron chi connectivity index (χ1n) is 7.41. The first-order valence-corrected chi connectivity index (χ1v) is 8.89. The van der Waals surface area contributed by atoms with Crippen LogP contribution in [-0.2, 0) is 21.3 Å². The highest BCUT2D eigenvalue weighted by atomic mass is 32.2. The Morgan fingerprint density at radius 3 is 3.05 bits per heavy atom. The van der Waals surface area contributed by atoms with Gasteiger partial charge in [-0.15, -0.1) is 0 Å². The smallest absolute Gasteiger partial charge is 0.258 e. The summed E-state index contributed by atoms with van der Waals surface area (Å²) in [6, 6.07) is -0.253. The number of aromatic nitrogens is 2. The van der Waals surface area contributed by atoms with Crippen LogP contribution in [0.5, 0.6) is 0 Å². The molecule has 3 N–H and O–H groups in total. The third-order valence-corrected chi connectivity index (χ3v) is 5.13. The Morgan fingerprint density at radius 1 is 1.57 bits per heavy atom. The van der Waals surface area contributed by atoms with Crippen molar-refractivity contribution >= 4 is 10.0 Å². The molecule has 120 valence electrons. The van der Waals surface area contributed by atoms with Crippen LogP contribution < -0.4 is 10.0 Å². The van der Waals surface area contributed by atoms with Crippen molar-refractivity contribution in [2.45, 2.75) is 56.8 Å². The third-order valence-electron chi connectivity index (χ3n) is 3.55. The number of ether oxygens (including phenoxy) is 1. The Labute approximate surface area is 125 Å². The van der Waals surface area contributed by atoms with Gasteiger partial charge < -0.3 is 10.1 Å². The zero-order chi connectivity index (χ0) is 15.3. The molecule has 0 radical (unpaired) electrons. The fourth-order valence-electron chi connectivity index (χ4n) is 2.43. The van der Waals surface area contributed by atoms with E-state index in [2.05, 4.69) is 27.2 Å². The molecule has 1 fully saturated rings. The fourth-order valence-corrected chi connectivity index (χ4v) is 3.84. The van der Waals surface area contributed by atoms with Crippen LogP contribution in [0.3, 0.4) is 0 Å². The van der Waals surface area contributed by atoms with Crippen LogP contribution in [0.1, 0.15) is 38.7 Å². The molecular formula is C13H24N4O3S. The fraction of sp³-hybridized carbons (Fsp3) is 0.769. The number of H-pyrrole nitrogens is 1. The van der Waals surface area contributed by atoms with Crippen LogP contribution in [0, 0.1) is 0 Å². The van der Waals surface area contributed by atoms with E-state index in [1.165, 1.54) is 0 Å². The zero-order valence-electron chi connectivity index (χ0n) is 12.6.